The molecular weight excluding hydrogens is 200 g/mol. The third kappa shape index (κ3) is 4.81. The summed E-state index contributed by atoms with van der Waals surface area (Å²) in [6.45, 7) is 5.26. The number of nitrogens with zero attached hydrogens (tertiary/aromatic N) is 1. The lowest BCUT2D eigenvalue weighted by Gasteiger charge is -2.25. The molecule has 16 heavy (non-hydrogen) atoms. The molecule has 1 N–H and O–H groups in total. The Morgan fingerprint density at radius 3 is 2.62 bits per heavy atom. The first kappa shape index (κ1) is 13.9. The van der Waals surface area contributed by atoms with E-state index in [1.807, 2.05) is 0 Å². The molecule has 1 atom stereocenters. The van der Waals surface area contributed by atoms with Crippen LogP contribution in [-0.4, -0.2) is 50.8 Å². The summed E-state index contributed by atoms with van der Waals surface area (Å²) < 4.78 is 5.18. The second-order valence-corrected chi connectivity index (χ2v) is 4.93. The Bertz CT molecular complexity index is 169. The molecular formula is C13H28N2O. The van der Waals surface area contributed by atoms with E-state index in [1.54, 1.807) is 7.11 Å². The van der Waals surface area contributed by atoms with Crippen molar-refractivity contribution in [2.45, 2.75) is 51.1 Å². The van der Waals surface area contributed by atoms with Gasteiger partial charge in [-0.1, -0.05) is 19.8 Å². The fourth-order valence-corrected chi connectivity index (χ4v) is 2.49. The Labute approximate surface area is 101 Å². The van der Waals surface area contributed by atoms with Crippen LogP contribution in [0.4, 0.5) is 0 Å². The van der Waals surface area contributed by atoms with Crippen molar-refractivity contribution in [3.63, 3.8) is 0 Å². The number of hydrogen-bond acceptors (Lipinski definition) is 3. The summed E-state index contributed by atoms with van der Waals surface area (Å²) in [5, 5.41) is 3.56. The highest BCUT2D eigenvalue weighted by molar-refractivity contribution is 4.76. The number of ether oxygens (including phenoxy) is 1. The van der Waals surface area contributed by atoms with Crippen molar-refractivity contribution in [1.82, 2.24) is 10.2 Å². The summed E-state index contributed by atoms with van der Waals surface area (Å²) >= 11 is 0. The molecule has 3 nitrogen and oxygen atoms in total. The van der Waals surface area contributed by atoms with Crippen LogP contribution in [0, 0.1) is 0 Å². The van der Waals surface area contributed by atoms with E-state index in [4.69, 9.17) is 4.74 Å². The van der Waals surface area contributed by atoms with E-state index in [9.17, 15) is 0 Å². The van der Waals surface area contributed by atoms with Gasteiger partial charge in [0.05, 0.1) is 6.61 Å². The van der Waals surface area contributed by atoms with Crippen LogP contribution in [0.25, 0.3) is 0 Å². The van der Waals surface area contributed by atoms with E-state index in [-0.39, 0.29) is 0 Å². The highest BCUT2D eigenvalue weighted by Crippen LogP contribution is 2.21. The Hall–Kier alpha value is -0.120. The van der Waals surface area contributed by atoms with Gasteiger partial charge in [0, 0.05) is 32.3 Å². The summed E-state index contributed by atoms with van der Waals surface area (Å²) in [5.74, 6) is 0. The van der Waals surface area contributed by atoms with Crippen molar-refractivity contribution >= 4 is 0 Å². The van der Waals surface area contributed by atoms with Crippen LogP contribution in [0.3, 0.4) is 0 Å². The Morgan fingerprint density at radius 2 is 2.06 bits per heavy atom. The second-order valence-electron chi connectivity index (χ2n) is 4.93. The average Bonchev–Trinajstić information content (AvgIpc) is 2.81. The lowest BCUT2D eigenvalue weighted by Crippen LogP contribution is -2.40. The Balaban J connectivity index is 2.08. The normalized spacial score (nSPS) is 19.5. The largest absolute Gasteiger partial charge is 0.383 e. The molecule has 1 aliphatic rings. The predicted molar refractivity (Wildman–Crippen MR) is 68.8 cm³/mol. The molecule has 0 spiro atoms. The van der Waals surface area contributed by atoms with Crippen LogP contribution in [0.5, 0.6) is 0 Å². The molecule has 1 aliphatic carbocycles. The number of hydrogen-bond donors (Lipinski definition) is 1. The van der Waals surface area contributed by atoms with Crippen LogP contribution >= 0.6 is 0 Å². The van der Waals surface area contributed by atoms with E-state index in [0.717, 1.165) is 32.2 Å². The maximum Gasteiger partial charge on any atom is 0.0615 e. The van der Waals surface area contributed by atoms with Gasteiger partial charge >= 0.3 is 0 Å². The van der Waals surface area contributed by atoms with Gasteiger partial charge in [-0.25, -0.2) is 0 Å². The first-order valence-electron chi connectivity index (χ1n) is 6.70. The maximum absolute atomic E-state index is 5.18. The van der Waals surface area contributed by atoms with Crippen LogP contribution in [0.15, 0.2) is 0 Å². The first-order valence-corrected chi connectivity index (χ1v) is 6.70. The van der Waals surface area contributed by atoms with Crippen molar-refractivity contribution in [1.29, 1.82) is 0 Å². The van der Waals surface area contributed by atoms with Crippen LogP contribution < -0.4 is 5.32 Å². The van der Waals surface area contributed by atoms with Gasteiger partial charge in [0.25, 0.3) is 0 Å². The van der Waals surface area contributed by atoms with E-state index in [0.29, 0.717) is 6.04 Å². The molecule has 0 saturated heterocycles. The van der Waals surface area contributed by atoms with Gasteiger partial charge in [-0.2, -0.15) is 0 Å². The Kier molecular flexibility index (Phi) is 7.01. The molecule has 0 aromatic rings. The molecule has 0 radical (unpaired) electrons. The highest BCUT2D eigenvalue weighted by Gasteiger charge is 2.18. The zero-order valence-electron chi connectivity index (χ0n) is 11.2. The number of nitrogens with one attached hydrogen (secondary N) is 1. The van der Waals surface area contributed by atoms with E-state index in [2.05, 4.69) is 24.2 Å². The van der Waals surface area contributed by atoms with Crippen molar-refractivity contribution in [3.05, 3.63) is 0 Å². The average molecular weight is 228 g/mol. The lowest BCUT2D eigenvalue weighted by molar-refractivity contribution is 0.160. The molecule has 0 aromatic heterocycles. The SMILES string of the molecule is CCC(COC)NCCN(C)C1CCCC1. The van der Waals surface area contributed by atoms with Crippen molar-refractivity contribution < 1.29 is 4.74 Å². The van der Waals surface area contributed by atoms with Crippen molar-refractivity contribution in [2.75, 3.05) is 33.9 Å². The summed E-state index contributed by atoms with van der Waals surface area (Å²) in [6.07, 6.45) is 6.77. The second kappa shape index (κ2) is 8.04. The summed E-state index contributed by atoms with van der Waals surface area (Å²) in [7, 11) is 4.03. The molecule has 3 heteroatoms. The Morgan fingerprint density at radius 1 is 1.38 bits per heavy atom. The van der Waals surface area contributed by atoms with Gasteiger partial charge in [0.1, 0.15) is 0 Å². The molecule has 0 bridgehead atoms. The topological polar surface area (TPSA) is 24.5 Å². The standard InChI is InChI=1S/C13H28N2O/c1-4-12(11-16-3)14-9-10-15(2)13-7-5-6-8-13/h12-14H,4-11H2,1-3H3. The molecule has 96 valence electrons. The molecule has 0 aromatic carbocycles. The van der Waals surface area contributed by atoms with Crippen molar-refractivity contribution in [3.8, 4) is 0 Å². The van der Waals surface area contributed by atoms with Gasteiger partial charge in [-0.15, -0.1) is 0 Å². The number of rotatable bonds is 8. The summed E-state index contributed by atoms with van der Waals surface area (Å²) in [4.78, 5) is 2.51. The molecule has 1 rings (SSSR count). The number of likely N-dealkylation sites (N-methyl/N-ethyl adjacent to an activating group) is 1. The fraction of sp³-hybridized carbons (Fsp3) is 1.00. The zero-order chi connectivity index (χ0) is 11.8. The monoisotopic (exact) mass is 228 g/mol. The van der Waals surface area contributed by atoms with E-state index >= 15 is 0 Å². The quantitative estimate of drug-likeness (QED) is 0.686. The number of methoxy groups -OCH3 is 1. The van der Waals surface area contributed by atoms with E-state index < -0.39 is 0 Å². The van der Waals surface area contributed by atoms with Gasteiger partial charge in [0.15, 0.2) is 0 Å². The van der Waals surface area contributed by atoms with Crippen LogP contribution in [0.1, 0.15) is 39.0 Å². The minimum absolute atomic E-state index is 0.516. The lowest BCUT2D eigenvalue weighted by atomic mass is 10.2. The molecule has 0 aliphatic heterocycles. The maximum atomic E-state index is 5.18. The zero-order valence-corrected chi connectivity index (χ0v) is 11.2. The highest BCUT2D eigenvalue weighted by atomic mass is 16.5. The fourth-order valence-electron chi connectivity index (χ4n) is 2.49. The van der Waals surface area contributed by atoms with Gasteiger partial charge in [-0.05, 0) is 26.3 Å². The minimum Gasteiger partial charge on any atom is -0.383 e. The molecule has 0 amide bonds. The molecule has 1 saturated carbocycles. The molecule has 0 heterocycles. The molecule has 1 fully saturated rings. The summed E-state index contributed by atoms with van der Waals surface area (Å²) in [5.41, 5.74) is 0. The third-order valence-electron chi connectivity index (χ3n) is 3.71. The first-order chi connectivity index (χ1) is 7.77. The van der Waals surface area contributed by atoms with Crippen LogP contribution in [0.2, 0.25) is 0 Å². The summed E-state index contributed by atoms with van der Waals surface area (Å²) in [6, 6.07) is 1.35. The van der Waals surface area contributed by atoms with Gasteiger partial charge < -0.3 is 15.0 Å². The van der Waals surface area contributed by atoms with Gasteiger partial charge in [0.2, 0.25) is 0 Å². The molecule has 1 unspecified atom stereocenters. The minimum atomic E-state index is 0.516. The third-order valence-corrected chi connectivity index (χ3v) is 3.71. The van der Waals surface area contributed by atoms with Crippen LogP contribution in [-0.2, 0) is 4.74 Å². The van der Waals surface area contributed by atoms with Crippen molar-refractivity contribution in [2.24, 2.45) is 0 Å². The predicted octanol–water partition coefficient (Wildman–Crippen LogP) is 1.88. The van der Waals surface area contributed by atoms with Gasteiger partial charge in [-0.3, -0.25) is 0 Å². The van der Waals surface area contributed by atoms with E-state index in [1.165, 1.54) is 25.7 Å². The smallest absolute Gasteiger partial charge is 0.0615 e.